The lowest BCUT2D eigenvalue weighted by molar-refractivity contribution is 0.0943. The van der Waals surface area contributed by atoms with Crippen LogP contribution in [0.3, 0.4) is 0 Å². The molecule has 0 spiro atoms. The first-order valence-electron chi connectivity index (χ1n) is 8.04. The molecule has 2 aromatic rings. The fourth-order valence-electron chi connectivity index (χ4n) is 2.50. The minimum atomic E-state index is -0.429. The zero-order valence-electron chi connectivity index (χ0n) is 13.2. The monoisotopic (exact) mass is 313 g/mol. The quantitative estimate of drug-likeness (QED) is 0.730. The van der Waals surface area contributed by atoms with E-state index in [9.17, 15) is 5.11 Å². The van der Waals surface area contributed by atoms with Gasteiger partial charge in [0.15, 0.2) is 0 Å². The summed E-state index contributed by atoms with van der Waals surface area (Å²) in [5.41, 5.74) is 3.35. The van der Waals surface area contributed by atoms with Gasteiger partial charge in [-0.3, -0.25) is 4.90 Å². The Hall–Kier alpha value is -1.88. The molecule has 23 heavy (non-hydrogen) atoms. The average molecular weight is 313 g/mol. The van der Waals surface area contributed by atoms with Gasteiger partial charge in [-0.05, 0) is 35.2 Å². The summed E-state index contributed by atoms with van der Waals surface area (Å²) in [6.07, 6.45) is 0.422. The summed E-state index contributed by atoms with van der Waals surface area (Å²) in [5, 5.41) is 18.9. The lowest BCUT2D eigenvalue weighted by Gasteiger charge is -2.13. The second-order valence-electron chi connectivity index (χ2n) is 6.06. The van der Waals surface area contributed by atoms with Crippen LogP contribution >= 0.6 is 0 Å². The van der Waals surface area contributed by atoms with E-state index in [4.69, 9.17) is 9.84 Å². The average Bonchev–Trinajstić information content (AvgIpc) is 3.39. The van der Waals surface area contributed by atoms with E-state index in [1.54, 1.807) is 0 Å². The molecule has 1 atom stereocenters. The van der Waals surface area contributed by atoms with Crippen molar-refractivity contribution in [2.75, 3.05) is 26.2 Å². The van der Waals surface area contributed by atoms with Crippen LogP contribution in [-0.2, 0) is 13.0 Å². The molecule has 1 heterocycles. The Bertz CT molecular complexity index is 606. The molecule has 0 amide bonds. The van der Waals surface area contributed by atoms with Crippen LogP contribution in [0.1, 0.15) is 16.7 Å². The fraction of sp³-hybridized carbons (Fsp3) is 0.368. The smallest absolute Gasteiger partial charge is 0.119 e. The Morgan fingerprint density at radius 2 is 1.48 bits per heavy atom. The van der Waals surface area contributed by atoms with Crippen LogP contribution in [0, 0.1) is 0 Å². The number of nitrogens with zero attached hydrogens (tertiary/aromatic N) is 1. The van der Waals surface area contributed by atoms with Crippen LogP contribution in [0.5, 0.6) is 5.75 Å². The summed E-state index contributed by atoms with van der Waals surface area (Å²) < 4.78 is 5.63. The molecule has 0 radical (unpaired) electrons. The summed E-state index contributed by atoms with van der Waals surface area (Å²) >= 11 is 0. The zero-order valence-corrected chi connectivity index (χ0v) is 13.2. The number of benzene rings is 2. The van der Waals surface area contributed by atoms with Crippen molar-refractivity contribution in [1.82, 2.24) is 4.90 Å². The lowest BCUT2D eigenvalue weighted by Crippen LogP contribution is -2.25. The highest BCUT2D eigenvalue weighted by molar-refractivity contribution is 5.32. The van der Waals surface area contributed by atoms with Gasteiger partial charge in [0, 0.05) is 19.6 Å². The van der Waals surface area contributed by atoms with Crippen LogP contribution in [-0.4, -0.2) is 47.5 Å². The van der Waals surface area contributed by atoms with E-state index in [0.29, 0.717) is 13.2 Å². The third-order valence-electron chi connectivity index (χ3n) is 3.99. The van der Waals surface area contributed by atoms with Crippen LogP contribution < -0.4 is 4.74 Å². The molecule has 4 nitrogen and oxygen atoms in total. The van der Waals surface area contributed by atoms with Gasteiger partial charge in [0.25, 0.3) is 0 Å². The maximum absolute atomic E-state index is 9.83. The van der Waals surface area contributed by atoms with Crippen molar-refractivity contribution in [3.63, 3.8) is 0 Å². The summed E-state index contributed by atoms with van der Waals surface area (Å²) in [4.78, 5) is 2.18. The molecule has 3 rings (SSSR count). The number of aliphatic hydroxyl groups excluding tert-OH is 2. The second-order valence-corrected chi connectivity index (χ2v) is 6.06. The Labute approximate surface area is 136 Å². The molecular weight excluding hydrogens is 290 g/mol. The van der Waals surface area contributed by atoms with Crippen molar-refractivity contribution < 1.29 is 14.9 Å². The predicted octanol–water partition coefficient (Wildman–Crippen LogP) is 1.82. The molecule has 0 aromatic heterocycles. The van der Waals surface area contributed by atoms with Crippen LogP contribution in [0.4, 0.5) is 0 Å². The highest BCUT2D eigenvalue weighted by Gasteiger charge is 2.20. The van der Waals surface area contributed by atoms with Crippen molar-refractivity contribution in [2.24, 2.45) is 0 Å². The van der Waals surface area contributed by atoms with Gasteiger partial charge in [-0.25, -0.2) is 0 Å². The van der Waals surface area contributed by atoms with Crippen LogP contribution in [0.25, 0.3) is 0 Å². The zero-order chi connectivity index (χ0) is 16.1. The summed E-state index contributed by atoms with van der Waals surface area (Å²) in [6, 6.07) is 16.0. The Morgan fingerprint density at radius 1 is 0.913 bits per heavy atom. The highest BCUT2D eigenvalue weighted by Crippen LogP contribution is 2.16. The molecule has 2 aromatic carbocycles. The highest BCUT2D eigenvalue weighted by atomic mass is 16.5. The minimum absolute atomic E-state index is 0.0793. The summed E-state index contributed by atoms with van der Waals surface area (Å²) in [7, 11) is 0. The van der Waals surface area contributed by atoms with Gasteiger partial charge in [0.1, 0.15) is 18.5 Å². The third-order valence-corrected chi connectivity index (χ3v) is 3.99. The largest absolute Gasteiger partial charge is 0.491 e. The van der Waals surface area contributed by atoms with Gasteiger partial charge in [0.2, 0.25) is 0 Å². The van der Waals surface area contributed by atoms with E-state index in [-0.39, 0.29) is 6.61 Å². The molecule has 1 aliphatic heterocycles. The van der Waals surface area contributed by atoms with Crippen molar-refractivity contribution >= 4 is 0 Å². The van der Waals surface area contributed by atoms with Gasteiger partial charge in [-0.15, -0.1) is 0 Å². The van der Waals surface area contributed by atoms with Gasteiger partial charge in [-0.1, -0.05) is 36.4 Å². The SMILES string of the molecule is OCc1ccc(Cc2ccc(OCC(O)CN3CC3)cc2)cc1. The molecule has 1 aliphatic rings. The molecule has 2 N–H and O–H groups in total. The minimum Gasteiger partial charge on any atom is -0.491 e. The molecular formula is C19H23NO3. The standard InChI is InChI=1S/C19H23NO3/c21-13-17-3-1-15(2-4-17)11-16-5-7-19(8-6-16)23-14-18(22)12-20-9-10-20/h1-8,18,21-22H,9-14H2. The van der Waals surface area contributed by atoms with E-state index < -0.39 is 6.10 Å². The Morgan fingerprint density at radius 3 is 2.04 bits per heavy atom. The molecule has 1 unspecified atom stereocenters. The number of hydrogen-bond donors (Lipinski definition) is 2. The van der Waals surface area contributed by atoms with Crippen molar-refractivity contribution in [1.29, 1.82) is 0 Å². The maximum Gasteiger partial charge on any atom is 0.119 e. The maximum atomic E-state index is 9.83. The number of β-amino-alcohol motifs (C(OH)–C–C–N with tert-alkyl or cyclic N) is 1. The first-order valence-corrected chi connectivity index (χ1v) is 8.04. The first kappa shape index (κ1) is 16.0. The van der Waals surface area contributed by atoms with Crippen molar-refractivity contribution in [3.8, 4) is 5.75 Å². The topological polar surface area (TPSA) is 52.7 Å². The number of rotatable bonds is 8. The van der Waals surface area contributed by atoms with Crippen molar-refractivity contribution in [3.05, 3.63) is 65.2 Å². The number of ether oxygens (including phenoxy) is 1. The molecule has 0 saturated carbocycles. The normalized spacial score (nSPS) is 15.4. The van der Waals surface area contributed by atoms with E-state index in [1.807, 2.05) is 48.5 Å². The van der Waals surface area contributed by atoms with E-state index in [0.717, 1.165) is 30.8 Å². The Kier molecular flexibility index (Phi) is 5.28. The molecule has 122 valence electrons. The van der Waals surface area contributed by atoms with Gasteiger partial charge in [0.05, 0.1) is 6.61 Å². The first-order chi connectivity index (χ1) is 11.2. The van der Waals surface area contributed by atoms with Crippen molar-refractivity contribution in [2.45, 2.75) is 19.1 Å². The van der Waals surface area contributed by atoms with Gasteiger partial charge >= 0.3 is 0 Å². The lowest BCUT2D eigenvalue weighted by atomic mass is 10.0. The summed E-state index contributed by atoms with van der Waals surface area (Å²) in [5.74, 6) is 0.786. The van der Waals surface area contributed by atoms with Gasteiger partial charge < -0.3 is 14.9 Å². The van der Waals surface area contributed by atoms with E-state index >= 15 is 0 Å². The predicted molar refractivity (Wildman–Crippen MR) is 89.6 cm³/mol. The third kappa shape index (κ3) is 5.06. The molecule has 1 saturated heterocycles. The van der Waals surface area contributed by atoms with Crippen LogP contribution in [0.2, 0.25) is 0 Å². The summed E-state index contributed by atoms with van der Waals surface area (Å²) in [6.45, 7) is 3.28. The molecule has 0 aliphatic carbocycles. The molecule has 0 bridgehead atoms. The van der Waals surface area contributed by atoms with Crippen LogP contribution in [0.15, 0.2) is 48.5 Å². The molecule has 4 heteroatoms. The van der Waals surface area contributed by atoms with E-state index in [2.05, 4.69) is 4.90 Å². The number of aliphatic hydroxyl groups is 2. The second kappa shape index (κ2) is 7.59. The van der Waals surface area contributed by atoms with Gasteiger partial charge in [-0.2, -0.15) is 0 Å². The fourth-order valence-corrected chi connectivity index (χ4v) is 2.50. The molecule has 1 fully saturated rings. The van der Waals surface area contributed by atoms with E-state index in [1.165, 1.54) is 11.1 Å². The number of hydrogen-bond acceptors (Lipinski definition) is 4. The Balaban J connectivity index is 1.49.